The molecule has 0 radical (unpaired) electrons. The molecule has 1 N–H and O–H groups in total. The molecule has 3 aromatic carbocycles. The van der Waals surface area contributed by atoms with E-state index in [1.54, 1.807) is 11.8 Å². The molecule has 38 heavy (non-hydrogen) atoms. The highest BCUT2D eigenvalue weighted by Crippen LogP contribution is 2.22. The van der Waals surface area contributed by atoms with Crippen LogP contribution in [0.1, 0.15) is 59.1 Å². The molecule has 4 nitrogen and oxygen atoms in total. The summed E-state index contributed by atoms with van der Waals surface area (Å²) in [5.41, 5.74) is 6.95. The molecule has 0 bridgehead atoms. The Bertz CT molecular complexity index is 1200. The number of benzene rings is 3. The SMILES string of the molecule is Cc1cc(C)cc(CSCC(=O)N(Cc2cccc(C)c2)[C@@H](Cc2ccccc2)C(=O)NC2CCCC2)c1. The number of carbonyl (C=O) groups excluding carboxylic acids is 2. The molecule has 0 aromatic heterocycles. The normalized spacial score (nSPS) is 14.3. The van der Waals surface area contributed by atoms with Crippen LogP contribution < -0.4 is 5.32 Å². The van der Waals surface area contributed by atoms with Crippen LogP contribution in [0.3, 0.4) is 0 Å². The number of rotatable bonds is 11. The lowest BCUT2D eigenvalue weighted by molar-refractivity contribution is -0.139. The van der Waals surface area contributed by atoms with Crippen LogP contribution >= 0.6 is 11.8 Å². The number of amides is 2. The van der Waals surface area contributed by atoms with Crippen molar-refractivity contribution in [3.63, 3.8) is 0 Å². The Labute approximate surface area is 232 Å². The lowest BCUT2D eigenvalue weighted by atomic mass is 10.0. The third-order valence-corrected chi connectivity index (χ3v) is 8.17. The monoisotopic (exact) mass is 528 g/mol. The molecule has 1 fully saturated rings. The van der Waals surface area contributed by atoms with Crippen LogP contribution in [0.2, 0.25) is 0 Å². The van der Waals surface area contributed by atoms with Gasteiger partial charge < -0.3 is 10.2 Å². The van der Waals surface area contributed by atoms with Crippen molar-refractivity contribution in [2.75, 3.05) is 5.75 Å². The van der Waals surface area contributed by atoms with E-state index in [9.17, 15) is 9.59 Å². The predicted octanol–water partition coefficient (Wildman–Crippen LogP) is 6.54. The van der Waals surface area contributed by atoms with Gasteiger partial charge in [-0.15, -0.1) is 11.8 Å². The minimum atomic E-state index is -0.562. The molecule has 5 heteroatoms. The number of aryl methyl sites for hydroxylation is 3. The summed E-state index contributed by atoms with van der Waals surface area (Å²) < 4.78 is 0. The number of nitrogens with zero attached hydrogens (tertiary/aromatic N) is 1. The van der Waals surface area contributed by atoms with Gasteiger partial charge in [0.1, 0.15) is 6.04 Å². The fraction of sp³-hybridized carbons (Fsp3) is 0.394. The molecule has 4 rings (SSSR count). The largest absolute Gasteiger partial charge is 0.352 e. The molecular formula is C33H40N2O2S. The smallest absolute Gasteiger partial charge is 0.243 e. The Morgan fingerprint density at radius 2 is 1.50 bits per heavy atom. The highest BCUT2D eigenvalue weighted by Gasteiger charge is 2.32. The van der Waals surface area contributed by atoms with Crippen molar-refractivity contribution in [2.45, 2.75) is 77.3 Å². The third-order valence-electron chi connectivity index (χ3n) is 7.18. The summed E-state index contributed by atoms with van der Waals surface area (Å²) in [5, 5.41) is 3.29. The average Bonchev–Trinajstić information content (AvgIpc) is 3.39. The van der Waals surface area contributed by atoms with Crippen LogP contribution in [0.5, 0.6) is 0 Å². The summed E-state index contributed by atoms with van der Waals surface area (Å²) in [6, 6.07) is 24.5. The fourth-order valence-electron chi connectivity index (χ4n) is 5.42. The van der Waals surface area contributed by atoms with Crippen molar-refractivity contribution < 1.29 is 9.59 Å². The quantitative estimate of drug-likeness (QED) is 0.307. The van der Waals surface area contributed by atoms with Crippen molar-refractivity contribution in [3.8, 4) is 0 Å². The Kier molecular flexibility index (Phi) is 10.1. The highest BCUT2D eigenvalue weighted by molar-refractivity contribution is 7.99. The van der Waals surface area contributed by atoms with Crippen LogP contribution in [-0.2, 0) is 28.3 Å². The summed E-state index contributed by atoms with van der Waals surface area (Å²) in [7, 11) is 0. The van der Waals surface area contributed by atoms with Gasteiger partial charge in [-0.05, 0) is 50.3 Å². The fourth-order valence-corrected chi connectivity index (χ4v) is 6.26. The van der Waals surface area contributed by atoms with Crippen molar-refractivity contribution in [3.05, 3.63) is 106 Å². The van der Waals surface area contributed by atoms with Gasteiger partial charge in [0.2, 0.25) is 11.8 Å². The zero-order valence-electron chi connectivity index (χ0n) is 22.9. The molecule has 0 heterocycles. The highest BCUT2D eigenvalue weighted by atomic mass is 32.2. The minimum Gasteiger partial charge on any atom is -0.352 e. The number of nitrogens with one attached hydrogen (secondary N) is 1. The van der Waals surface area contributed by atoms with Crippen molar-refractivity contribution in [1.82, 2.24) is 10.2 Å². The topological polar surface area (TPSA) is 49.4 Å². The van der Waals surface area contributed by atoms with E-state index in [0.29, 0.717) is 18.7 Å². The molecule has 1 atom stereocenters. The van der Waals surface area contributed by atoms with Crippen molar-refractivity contribution in [2.24, 2.45) is 0 Å². The lowest BCUT2D eigenvalue weighted by Crippen LogP contribution is -2.52. The van der Waals surface area contributed by atoms with E-state index >= 15 is 0 Å². The van der Waals surface area contributed by atoms with Crippen molar-refractivity contribution in [1.29, 1.82) is 0 Å². The third kappa shape index (κ3) is 8.22. The van der Waals surface area contributed by atoms with E-state index in [4.69, 9.17) is 0 Å². The van der Waals surface area contributed by atoms with Gasteiger partial charge in [-0.1, -0.05) is 102 Å². The molecule has 0 saturated heterocycles. The van der Waals surface area contributed by atoms with Gasteiger partial charge >= 0.3 is 0 Å². The standard InChI is InChI=1S/C33H40N2O2S/c1-24-10-9-13-28(17-24)21-35(32(36)23-38-22-29-18-25(2)16-26(3)19-29)31(20-27-11-5-4-6-12-27)33(37)34-30-14-7-8-15-30/h4-6,9-13,16-19,30-31H,7-8,14-15,20-23H2,1-3H3,(H,34,37)/t31-/m0/s1. The van der Waals surface area contributed by atoms with Crippen LogP contribution in [0.4, 0.5) is 0 Å². The first-order valence-electron chi connectivity index (χ1n) is 13.7. The van der Waals surface area contributed by atoms with Gasteiger partial charge in [-0.2, -0.15) is 0 Å². The average molecular weight is 529 g/mol. The van der Waals surface area contributed by atoms with E-state index in [-0.39, 0.29) is 17.9 Å². The van der Waals surface area contributed by atoms with Crippen LogP contribution in [0.25, 0.3) is 0 Å². The molecule has 1 saturated carbocycles. The molecule has 0 spiro atoms. The second-order valence-electron chi connectivity index (χ2n) is 10.7. The Morgan fingerprint density at radius 1 is 0.842 bits per heavy atom. The number of thioether (sulfide) groups is 1. The summed E-state index contributed by atoms with van der Waals surface area (Å²) in [5.74, 6) is 1.06. The van der Waals surface area contributed by atoms with E-state index in [0.717, 1.165) is 48.1 Å². The van der Waals surface area contributed by atoms with Gasteiger partial charge in [-0.25, -0.2) is 0 Å². The molecule has 1 aliphatic rings. The first-order valence-corrected chi connectivity index (χ1v) is 14.9. The Hall–Kier alpha value is -3.05. The summed E-state index contributed by atoms with van der Waals surface area (Å²) >= 11 is 1.62. The molecule has 0 unspecified atom stereocenters. The molecule has 0 aliphatic heterocycles. The maximum atomic E-state index is 13.9. The molecule has 3 aromatic rings. The zero-order valence-corrected chi connectivity index (χ0v) is 23.7. The number of hydrogen-bond acceptors (Lipinski definition) is 3. The van der Waals surface area contributed by atoms with Gasteiger partial charge in [0.05, 0.1) is 5.75 Å². The first kappa shape index (κ1) is 28.0. The van der Waals surface area contributed by atoms with E-state index in [2.05, 4.69) is 56.4 Å². The summed E-state index contributed by atoms with van der Waals surface area (Å²) in [4.78, 5) is 29.4. The lowest BCUT2D eigenvalue weighted by Gasteiger charge is -2.32. The number of carbonyl (C=O) groups is 2. The summed E-state index contributed by atoms with van der Waals surface area (Å²) in [6.45, 7) is 6.68. The molecule has 1 aliphatic carbocycles. The van der Waals surface area contributed by atoms with Gasteiger partial charge in [0.15, 0.2) is 0 Å². The van der Waals surface area contributed by atoms with Crippen LogP contribution in [0, 0.1) is 20.8 Å². The predicted molar refractivity (Wildman–Crippen MR) is 158 cm³/mol. The van der Waals surface area contributed by atoms with E-state index < -0.39 is 6.04 Å². The molecular weight excluding hydrogens is 488 g/mol. The second-order valence-corrected chi connectivity index (χ2v) is 11.7. The first-order chi connectivity index (χ1) is 18.4. The van der Waals surface area contributed by atoms with Gasteiger partial charge in [-0.3, -0.25) is 9.59 Å². The zero-order chi connectivity index (χ0) is 26.9. The molecule has 200 valence electrons. The summed E-state index contributed by atoms with van der Waals surface area (Å²) in [6.07, 6.45) is 4.83. The maximum absolute atomic E-state index is 13.9. The van der Waals surface area contributed by atoms with Gasteiger partial charge in [0, 0.05) is 24.8 Å². The van der Waals surface area contributed by atoms with Crippen LogP contribution in [-0.4, -0.2) is 34.6 Å². The van der Waals surface area contributed by atoms with Crippen molar-refractivity contribution >= 4 is 23.6 Å². The maximum Gasteiger partial charge on any atom is 0.243 e. The Morgan fingerprint density at radius 3 is 2.18 bits per heavy atom. The minimum absolute atomic E-state index is 0.00313. The van der Waals surface area contributed by atoms with Gasteiger partial charge in [0.25, 0.3) is 0 Å². The van der Waals surface area contributed by atoms with Crippen LogP contribution in [0.15, 0.2) is 72.8 Å². The molecule has 2 amide bonds. The number of hydrogen-bond donors (Lipinski definition) is 1. The van der Waals surface area contributed by atoms with E-state index in [1.165, 1.54) is 16.7 Å². The Balaban J connectivity index is 1.56. The second kappa shape index (κ2) is 13.7. The van der Waals surface area contributed by atoms with E-state index in [1.807, 2.05) is 47.4 Å².